The van der Waals surface area contributed by atoms with E-state index in [1.165, 1.54) is 0 Å². The number of benzene rings is 3. The summed E-state index contributed by atoms with van der Waals surface area (Å²) in [5.41, 5.74) is 2.10. The Morgan fingerprint density at radius 2 is 1.60 bits per heavy atom. The molecule has 9 heteroatoms. The van der Waals surface area contributed by atoms with Gasteiger partial charge < -0.3 is 20.1 Å². The first kappa shape index (κ1) is 31.0. The molecule has 7 nitrogen and oxygen atoms in total. The minimum atomic E-state index is -1.20. The quantitative estimate of drug-likeness (QED) is 0.223. The molecule has 0 saturated carbocycles. The maximum atomic E-state index is 12.6. The fraction of sp³-hybridized carbons (Fsp3) is 0.323. The van der Waals surface area contributed by atoms with Crippen LogP contribution in [0.15, 0.2) is 71.6 Å². The van der Waals surface area contributed by atoms with Gasteiger partial charge in [0.15, 0.2) is 11.4 Å². The number of carbonyl (C=O) groups is 3. The van der Waals surface area contributed by atoms with Gasteiger partial charge in [-0.2, -0.15) is 0 Å². The number of aryl methyl sites for hydroxylation is 2. The number of ether oxygens (including phenoxy) is 1. The van der Waals surface area contributed by atoms with Crippen molar-refractivity contribution >= 4 is 46.8 Å². The van der Waals surface area contributed by atoms with Gasteiger partial charge in [-0.05, 0) is 87.9 Å². The minimum absolute atomic E-state index is 0.106. The van der Waals surface area contributed by atoms with Crippen LogP contribution < -0.4 is 10.1 Å². The first-order chi connectivity index (χ1) is 18.9. The lowest BCUT2D eigenvalue weighted by Crippen LogP contribution is -2.38. The first-order valence-corrected chi connectivity index (χ1v) is 14.5. The third-order valence-electron chi connectivity index (χ3n) is 6.60. The molecule has 1 fully saturated rings. The molecule has 0 aromatic heterocycles. The molecule has 1 aliphatic rings. The molecule has 0 radical (unpaired) electrons. The number of amides is 2. The van der Waals surface area contributed by atoms with Crippen LogP contribution in [0.4, 0.5) is 10.5 Å². The molecule has 2 N–H and O–H groups in total. The predicted molar refractivity (Wildman–Crippen MR) is 161 cm³/mol. The van der Waals surface area contributed by atoms with Crippen molar-refractivity contribution in [3.63, 3.8) is 0 Å². The Bertz CT molecular complexity index is 1320. The number of likely N-dealkylation sites (tertiary alicyclic amines) is 1. The van der Waals surface area contributed by atoms with E-state index in [1.807, 2.05) is 62.6 Å². The van der Waals surface area contributed by atoms with Crippen LogP contribution in [-0.2, 0) is 4.79 Å². The van der Waals surface area contributed by atoms with Gasteiger partial charge in [0, 0.05) is 40.2 Å². The third kappa shape index (κ3) is 8.26. The van der Waals surface area contributed by atoms with E-state index in [4.69, 9.17) is 21.4 Å². The monoisotopic (exact) mass is 582 g/mol. The summed E-state index contributed by atoms with van der Waals surface area (Å²) in [6, 6.07) is 20.2. The van der Waals surface area contributed by atoms with E-state index in [0.29, 0.717) is 41.5 Å². The minimum Gasteiger partial charge on any atom is -0.478 e. The maximum absolute atomic E-state index is 12.6. The second kappa shape index (κ2) is 13.7. The zero-order valence-corrected chi connectivity index (χ0v) is 24.9. The lowest BCUT2D eigenvalue weighted by Gasteiger charge is -2.23. The number of rotatable bonds is 7. The molecule has 0 spiro atoms. The topological polar surface area (TPSA) is 95.9 Å². The molecule has 1 atom stereocenters. The number of anilines is 1. The smallest absolute Gasteiger partial charge is 0.347 e. The number of ketones is 1. The van der Waals surface area contributed by atoms with Gasteiger partial charge in [-0.3, -0.25) is 4.79 Å². The fourth-order valence-electron chi connectivity index (χ4n) is 4.14. The molecule has 2 amide bonds. The highest BCUT2D eigenvalue weighted by Crippen LogP contribution is 2.27. The van der Waals surface area contributed by atoms with Crippen LogP contribution in [0.2, 0.25) is 5.02 Å². The summed E-state index contributed by atoms with van der Waals surface area (Å²) in [7, 11) is 0. The second-order valence-electron chi connectivity index (χ2n) is 10.1. The molecule has 212 valence electrons. The highest BCUT2D eigenvalue weighted by molar-refractivity contribution is 7.98. The van der Waals surface area contributed by atoms with Crippen molar-refractivity contribution < 1.29 is 24.2 Å². The summed E-state index contributed by atoms with van der Waals surface area (Å²) in [4.78, 5) is 38.7. The van der Waals surface area contributed by atoms with Crippen LogP contribution >= 0.6 is 23.4 Å². The molecule has 1 aliphatic heterocycles. The molecular formula is C31H35ClN2O5S. The lowest BCUT2D eigenvalue weighted by molar-refractivity contribution is -0.152. The lowest BCUT2D eigenvalue weighted by atomic mass is 9.97. The van der Waals surface area contributed by atoms with Gasteiger partial charge in [0.05, 0.1) is 0 Å². The number of hydrogen-bond acceptors (Lipinski definition) is 5. The Labute approximate surface area is 244 Å². The SMILES string of the molecule is CSc1ccc(C(=O)C2CCN(C(=O)Nc3ccc(Cl)cc3)C2)cc1.Cc1cccc(C)c1OC(C)(C)C(=O)O. The van der Waals surface area contributed by atoms with Crippen LogP contribution in [0.25, 0.3) is 0 Å². The van der Waals surface area contributed by atoms with Crippen LogP contribution in [-0.4, -0.2) is 52.7 Å². The molecule has 40 heavy (non-hydrogen) atoms. The number of thioether (sulfide) groups is 1. The zero-order valence-electron chi connectivity index (χ0n) is 23.4. The van der Waals surface area contributed by atoms with Gasteiger partial charge in [0.25, 0.3) is 0 Å². The van der Waals surface area contributed by atoms with Crippen molar-refractivity contribution in [1.82, 2.24) is 4.90 Å². The summed E-state index contributed by atoms with van der Waals surface area (Å²) < 4.78 is 5.53. The molecule has 4 rings (SSSR count). The number of Topliss-reactive ketones (excluding diaryl/α,β-unsaturated/α-hetero) is 1. The van der Waals surface area contributed by atoms with E-state index in [0.717, 1.165) is 16.0 Å². The van der Waals surface area contributed by atoms with Crippen molar-refractivity contribution in [1.29, 1.82) is 0 Å². The van der Waals surface area contributed by atoms with Gasteiger partial charge >= 0.3 is 12.0 Å². The van der Waals surface area contributed by atoms with E-state index >= 15 is 0 Å². The molecule has 1 heterocycles. The Hall–Kier alpha value is -3.49. The summed E-state index contributed by atoms with van der Waals surface area (Å²) in [6.45, 7) is 7.92. The number of carboxylic acids is 1. The van der Waals surface area contributed by atoms with E-state index in [1.54, 1.807) is 54.8 Å². The van der Waals surface area contributed by atoms with E-state index in [-0.39, 0.29) is 17.7 Å². The summed E-state index contributed by atoms with van der Waals surface area (Å²) in [5, 5.41) is 12.4. The van der Waals surface area contributed by atoms with Crippen molar-refractivity contribution in [2.24, 2.45) is 5.92 Å². The number of carboxylic acid groups (broad SMARTS) is 1. The molecular weight excluding hydrogens is 548 g/mol. The fourth-order valence-corrected chi connectivity index (χ4v) is 4.68. The molecule has 3 aromatic rings. The summed E-state index contributed by atoms with van der Waals surface area (Å²) in [5.74, 6) is -0.347. The standard InChI is InChI=1S/C19H19ClN2O2S.C12H16O3/c1-25-17-8-2-13(3-9-17)18(23)14-10-11-22(12-14)19(24)21-16-6-4-15(20)5-7-16;1-8-6-5-7-9(2)10(8)15-12(3,4)11(13)14/h2-9,14H,10-12H2,1H3,(H,21,24);5-7H,1-4H3,(H,13,14). The highest BCUT2D eigenvalue weighted by Gasteiger charge is 2.32. The largest absolute Gasteiger partial charge is 0.478 e. The van der Waals surface area contributed by atoms with Crippen molar-refractivity contribution in [2.45, 2.75) is 44.6 Å². The Morgan fingerprint density at radius 3 is 2.15 bits per heavy atom. The Balaban J connectivity index is 0.000000252. The Morgan fingerprint density at radius 1 is 1.00 bits per heavy atom. The van der Waals surface area contributed by atoms with Crippen LogP contribution in [0.5, 0.6) is 5.75 Å². The number of nitrogens with zero attached hydrogens (tertiary/aromatic N) is 1. The molecule has 1 unspecified atom stereocenters. The van der Waals surface area contributed by atoms with Gasteiger partial charge in [-0.15, -0.1) is 11.8 Å². The normalized spacial score (nSPS) is 14.7. The van der Waals surface area contributed by atoms with E-state index < -0.39 is 11.6 Å². The molecule has 0 bridgehead atoms. The number of halogens is 1. The molecule has 3 aromatic carbocycles. The van der Waals surface area contributed by atoms with Crippen molar-refractivity contribution in [3.05, 3.63) is 88.4 Å². The summed E-state index contributed by atoms with van der Waals surface area (Å²) in [6.07, 6.45) is 2.70. The van der Waals surface area contributed by atoms with Gasteiger partial charge in [0.2, 0.25) is 0 Å². The highest BCUT2D eigenvalue weighted by atomic mass is 35.5. The van der Waals surface area contributed by atoms with Gasteiger partial charge in [0.1, 0.15) is 5.75 Å². The van der Waals surface area contributed by atoms with Crippen LogP contribution in [0, 0.1) is 19.8 Å². The van der Waals surface area contributed by atoms with Gasteiger partial charge in [-0.25, -0.2) is 9.59 Å². The number of carbonyl (C=O) groups excluding carboxylic acids is 2. The summed E-state index contributed by atoms with van der Waals surface area (Å²) >= 11 is 7.49. The predicted octanol–water partition coefficient (Wildman–Crippen LogP) is 7.34. The zero-order chi connectivity index (χ0) is 29.4. The number of hydrogen-bond donors (Lipinski definition) is 2. The first-order valence-electron chi connectivity index (χ1n) is 12.9. The number of urea groups is 1. The van der Waals surface area contributed by atoms with E-state index in [9.17, 15) is 14.4 Å². The molecule has 0 aliphatic carbocycles. The van der Waals surface area contributed by atoms with Gasteiger partial charge in [-0.1, -0.05) is 41.9 Å². The molecule has 1 saturated heterocycles. The number of para-hydroxylation sites is 1. The average molecular weight is 583 g/mol. The maximum Gasteiger partial charge on any atom is 0.347 e. The number of aliphatic carboxylic acids is 1. The van der Waals surface area contributed by atoms with E-state index in [2.05, 4.69) is 5.32 Å². The third-order valence-corrected chi connectivity index (χ3v) is 7.59. The van der Waals surface area contributed by atoms with Crippen molar-refractivity contribution in [2.75, 3.05) is 24.7 Å². The second-order valence-corrected chi connectivity index (χ2v) is 11.4. The van der Waals surface area contributed by atoms with Crippen LogP contribution in [0.1, 0.15) is 41.8 Å². The van der Waals surface area contributed by atoms with Crippen molar-refractivity contribution in [3.8, 4) is 5.75 Å². The average Bonchev–Trinajstić information content (AvgIpc) is 3.43. The number of nitrogens with one attached hydrogen (secondary N) is 1. The Kier molecular flexibility index (Phi) is 10.7. The van der Waals surface area contributed by atoms with Crippen LogP contribution in [0.3, 0.4) is 0 Å².